The fourth-order valence-electron chi connectivity index (χ4n) is 2.80. The summed E-state index contributed by atoms with van der Waals surface area (Å²) in [5, 5.41) is 13.7. The molecule has 0 saturated heterocycles. The zero-order valence-electron chi connectivity index (χ0n) is 17.4. The molecule has 0 saturated carbocycles. The summed E-state index contributed by atoms with van der Waals surface area (Å²) >= 11 is 0. The van der Waals surface area contributed by atoms with Crippen LogP contribution in [0, 0.1) is 10.1 Å². The van der Waals surface area contributed by atoms with Crippen LogP contribution in [0.1, 0.15) is 20.3 Å². The molecule has 0 unspecified atom stereocenters. The fraction of sp³-hybridized carbons (Fsp3) is 0.273. The van der Waals surface area contributed by atoms with E-state index in [1.54, 1.807) is 50.6 Å². The topological polar surface area (TPSA) is 109 Å². The Morgan fingerprint density at radius 2 is 1.87 bits per heavy atom. The number of carbonyl (C=O) groups excluding carboxylic acids is 1. The minimum absolute atomic E-state index is 0.0253. The predicted molar refractivity (Wildman–Crippen MR) is 114 cm³/mol. The Hall–Kier alpha value is -3.88. The number of rotatable bonds is 10. The van der Waals surface area contributed by atoms with E-state index in [-0.39, 0.29) is 11.6 Å². The van der Waals surface area contributed by atoms with E-state index >= 15 is 0 Å². The van der Waals surface area contributed by atoms with Gasteiger partial charge in [-0.1, -0.05) is 12.1 Å². The molecular formula is C22H24N4O5. The molecule has 0 aliphatic heterocycles. The van der Waals surface area contributed by atoms with Gasteiger partial charge in [0.15, 0.2) is 17.1 Å². The Kier molecular flexibility index (Phi) is 6.86. The summed E-state index contributed by atoms with van der Waals surface area (Å²) in [6, 6.07) is 12.7. The zero-order valence-corrected chi connectivity index (χ0v) is 17.4. The third kappa shape index (κ3) is 6.05. The number of nitrogens with one attached hydrogen (secondary N) is 1. The van der Waals surface area contributed by atoms with Crippen LogP contribution < -0.4 is 14.8 Å². The van der Waals surface area contributed by atoms with Gasteiger partial charge in [0.2, 0.25) is 0 Å². The lowest BCUT2D eigenvalue weighted by Crippen LogP contribution is -2.47. The molecule has 9 heteroatoms. The summed E-state index contributed by atoms with van der Waals surface area (Å²) in [6.07, 6.45) is 6.08. The van der Waals surface area contributed by atoms with Gasteiger partial charge in [0.05, 0.1) is 11.3 Å². The lowest BCUT2D eigenvalue weighted by Gasteiger charge is -2.26. The maximum Gasteiger partial charge on any atom is 0.269 e. The minimum Gasteiger partial charge on any atom is -0.474 e. The van der Waals surface area contributed by atoms with Crippen molar-refractivity contribution < 1.29 is 19.2 Å². The third-order valence-electron chi connectivity index (χ3n) is 4.47. The van der Waals surface area contributed by atoms with Crippen molar-refractivity contribution in [3.8, 4) is 17.2 Å². The molecular weight excluding hydrogens is 400 g/mol. The first-order valence-electron chi connectivity index (χ1n) is 9.79. The molecule has 0 aliphatic rings. The number of non-ortho nitro benzene ring substituents is 1. The molecule has 0 bridgehead atoms. The molecule has 0 atom stereocenters. The monoisotopic (exact) mass is 424 g/mol. The van der Waals surface area contributed by atoms with Crippen molar-refractivity contribution in [3.05, 3.63) is 77.4 Å². The van der Waals surface area contributed by atoms with Gasteiger partial charge < -0.3 is 19.4 Å². The van der Waals surface area contributed by atoms with Crippen LogP contribution in [0.3, 0.4) is 0 Å². The van der Waals surface area contributed by atoms with Gasteiger partial charge in [0, 0.05) is 37.6 Å². The molecule has 1 amide bonds. The fourth-order valence-corrected chi connectivity index (χ4v) is 2.80. The van der Waals surface area contributed by atoms with Gasteiger partial charge in [-0.2, -0.15) is 0 Å². The van der Waals surface area contributed by atoms with Gasteiger partial charge in [-0.25, -0.2) is 4.98 Å². The maximum absolute atomic E-state index is 12.6. The highest BCUT2D eigenvalue weighted by molar-refractivity contribution is 5.84. The number of ether oxygens (including phenoxy) is 2. The number of para-hydroxylation sites is 2. The second kappa shape index (κ2) is 9.75. The minimum atomic E-state index is -1.13. The van der Waals surface area contributed by atoms with Crippen molar-refractivity contribution in [2.24, 2.45) is 0 Å². The summed E-state index contributed by atoms with van der Waals surface area (Å²) in [5.74, 6) is 0.962. The van der Waals surface area contributed by atoms with Gasteiger partial charge in [0.1, 0.15) is 5.75 Å². The number of nitro groups is 1. The predicted octanol–water partition coefficient (Wildman–Crippen LogP) is 3.95. The molecule has 2 aromatic carbocycles. The van der Waals surface area contributed by atoms with Gasteiger partial charge in [-0.3, -0.25) is 14.9 Å². The number of carbonyl (C=O) groups is 1. The van der Waals surface area contributed by atoms with Crippen LogP contribution in [0.5, 0.6) is 17.2 Å². The first-order valence-corrected chi connectivity index (χ1v) is 9.79. The number of hydrogen-bond donors (Lipinski definition) is 1. The zero-order chi connectivity index (χ0) is 22.3. The molecule has 0 aliphatic carbocycles. The normalized spacial score (nSPS) is 11.0. The number of nitro benzene ring substituents is 1. The molecule has 1 heterocycles. The molecule has 162 valence electrons. The smallest absolute Gasteiger partial charge is 0.269 e. The van der Waals surface area contributed by atoms with Crippen LogP contribution in [-0.2, 0) is 11.3 Å². The summed E-state index contributed by atoms with van der Waals surface area (Å²) in [5.41, 5.74) is -1.16. The van der Waals surface area contributed by atoms with E-state index in [0.29, 0.717) is 23.8 Å². The standard InChI is InChI=1S/C22H24N4O5/c1-22(2,21(27)24-12-5-14-25-15-13-23-16-25)31-20-7-4-3-6-19(20)30-18-10-8-17(9-11-18)26(28)29/h3-4,6-11,13,15-16H,5,12,14H2,1-2H3,(H,24,27). The third-order valence-corrected chi connectivity index (χ3v) is 4.47. The second-order valence-electron chi connectivity index (χ2n) is 7.32. The van der Waals surface area contributed by atoms with E-state index in [9.17, 15) is 14.9 Å². The largest absolute Gasteiger partial charge is 0.474 e. The molecule has 1 aromatic heterocycles. The quantitative estimate of drug-likeness (QED) is 0.300. The van der Waals surface area contributed by atoms with Gasteiger partial charge >= 0.3 is 0 Å². The van der Waals surface area contributed by atoms with Crippen LogP contribution >= 0.6 is 0 Å². The summed E-state index contributed by atoms with van der Waals surface area (Å²) < 4.78 is 13.7. The van der Waals surface area contributed by atoms with Gasteiger partial charge in [-0.15, -0.1) is 0 Å². The highest BCUT2D eigenvalue weighted by atomic mass is 16.6. The molecule has 3 rings (SSSR count). The summed E-state index contributed by atoms with van der Waals surface area (Å²) in [4.78, 5) is 27.0. The molecule has 0 fully saturated rings. The first-order chi connectivity index (χ1) is 14.8. The van der Waals surface area contributed by atoms with Crippen molar-refractivity contribution in [3.63, 3.8) is 0 Å². The number of amides is 1. The van der Waals surface area contributed by atoms with Crippen LogP contribution in [0.2, 0.25) is 0 Å². The SMILES string of the molecule is CC(C)(Oc1ccccc1Oc1ccc([N+](=O)[O-])cc1)C(=O)NCCCn1ccnc1. The first kappa shape index (κ1) is 21.8. The molecule has 0 spiro atoms. The number of imidazole rings is 1. The number of benzene rings is 2. The Morgan fingerprint density at radius 3 is 2.52 bits per heavy atom. The van der Waals surface area contributed by atoms with Crippen LogP contribution in [0.4, 0.5) is 5.69 Å². The van der Waals surface area contributed by atoms with Crippen molar-refractivity contribution in [2.45, 2.75) is 32.4 Å². The van der Waals surface area contributed by atoms with Gasteiger partial charge in [-0.05, 0) is 44.5 Å². The Labute approximate surface area is 179 Å². The van der Waals surface area contributed by atoms with Crippen LogP contribution in [0.15, 0.2) is 67.3 Å². The lowest BCUT2D eigenvalue weighted by atomic mass is 10.1. The van der Waals surface area contributed by atoms with Crippen molar-refractivity contribution in [2.75, 3.05) is 6.54 Å². The molecule has 0 radical (unpaired) electrons. The van der Waals surface area contributed by atoms with Crippen molar-refractivity contribution in [1.29, 1.82) is 0 Å². The van der Waals surface area contributed by atoms with Crippen molar-refractivity contribution in [1.82, 2.24) is 14.9 Å². The number of hydrogen-bond acceptors (Lipinski definition) is 6. The van der Waals surface area contributed by atoms with Crippen LogP contribution in [0.25, 0.3) is 0 Å². The van der Waals surface area contributed by atoms with Crippen molar-refractivity contribution >= 4 is 11.6 Å². The number of aromatic nitrogens is 2. The number of aryl methyl sites for hydroxylation is 1. The van der Waals surface area contributed by atoms with E-state index in [2.05, 4.69) is 10.3 Å². The highest BCUT2D eigenvalue weighted by Gasteiger charge is 2.30. The second-order valence-corrected chi connectivity index (χ2v) is 7.32. The summed E-state index contributed by atoms with van der Waals surface area (Å²) in [6.45, 7) is 4.62. The average molecular weight is 424 g/mol. The highest BCUT2D eigenvalue weighted by Crippen LogP contribution is 2.34. The lowest BCUT2D eigenvalue weighted by molar-refractivity contribution is -0.384. The van der Waals surface area contributed by atoms with E-state index in [0.717, 1.165) is 13.0 Å². The van der Waals surface area contributed by atoms with Gasteiger partial charge in [0.25, 0.3) is 11.6 Å². The Balaban J connectivity index is 1.60. The van der Waals surface area contributed by atoms with Crippen LogP contribution in [-0.4, -0.2) is 32.5 Å². The molecule has 3 aromatic rings. The Bertz CT molecular complexity index is 1020. The van der Waals surface area contributed by atoms with E-state index in [1.807, 2.05) is 10.8 Å². The molecule has 1 N–H and O–H groups in total. The number of nitrogens with zero attached hydrogens (tertiary/aromatic N) is 3. The maximum atomic E-state index is 12.6. The summed E-state index contributed by atoms with van der Waals surface area (Å²) in [7, 11) is 0. The Morgan fingerprint density at radius 1 is 1.16 bits per heavy atom. The molecule has 9 nitrogen and oxygen atoms in total. The van der Waals surface area contributed by atoms with E-state index in [4.69, 9.17) is 9.47 Å². The van der Waals surface area contributed by atoms with E-state index in [1.165, 1.54) is 24.3 Å². The molecule has 31 heavy (non-hydrogen) atoms. The average Bonchev–Trinajstić information content (AvgIpc) is 3.26. The van der Waals surface area contributed by atoms with E-state index < -0.39 is 10.5 Å².